The maximum absolute atomic E-state index is 12.1. The molecule has 3 unspecified atom stereocenters. The fourth-order valence-electron chi connectivity index (χ4n) is 2.96. The van der Waals surface area contributed by atoms with E-state index in [4.69, 9.17) is 4.74 Å². The molecule has 102 valence electrons. The van der Waals surface area contributed by atoms with Crippen molar-refractivity contribution in [2.75, 3.05) is 6.61 Å². The van der Waals surface area contributed by atoms with Gasteiger partial charge < -0.3 is 10.1 Å². The number of rotatable bonds is 3. The molecule has 3 atom stereocenters. The molecule has 0 spiro atoms. The molecule has 3 nitrogen and oxygen atoms in total. The smallest absolute Gasteiger partial charge is 0.223 e. The maximum atomic E-state index is 12.1. The normalized spacial score (nSPS) is 29.2. The van der Waals surface area contributed by atoms with Crippen molar-refractivity contribution in [1.82, 2.24) is 5.32 Å². The lowest BCUT2D eigenvalue weighted by Gasteiger charge is -2.19. The summed E-state index contributed by atoms with van der Waals surface area (Å²) in [4.78, 5) is 12.4. The first-order valence-electron chi connectivity index (χ1n) is 6.87. The van der Waals surface area contributed by atoms with Gasteiger partial charge in [-0.1, -0.05) is 40.2 Å². The lowest BCUT2D eigenvalue weighted by Crippen LogP contribution is -2.33. The van der Waals surface area contributed by atoms with Gasteiger partial charge in [-0.05, 0) is 30.4 Å². The van der Waals surface area contributed by atoms with Crippen molar-refractivity contribution in [1.29, 1.82) is 0 Å². The van der Waals surface area contributed by atoms with Gasteiger partial charge in [0, 0.05) is 11.4 Å². The van der Waals surface area contributed by atoms with Crippen molar-refractivity contribution in [2.24, 2.45) is 0 Å². The topological polar surface area (TPSA) is 38.3 Å². The monoisotopic (exact) mass is 323 g/mol. The van der Waals surface area contributed by atoms with Gasteiger partial charge in [-0.3, -0.25) is 4.79 Å². The summed E-state index contributed by atoms with van der Waals surface area (Å²) in [5.41, 5.74) is 2.57. The molecule has 2 aliphatic rings. The van der Waals surface area contributed by atoms with Crippen LogP contribution in [0.25, 0.3) is 0 Å². The number of alkyl halides is 1. The molecular weight excluding hydrogens is 306 g/mol. The van der Waals surface area contributed by atoms with Gasteiger partial charge in [0.1, 0.15) is 0 Å². The van der Waals surface area contributed by atoms with Crippen LogP contribution < -0.4 is 5.32 Å². The van der Waals surface area contributed by atoms with E-state index < -0.39 is 0 Å². The van der Waals surface area contributed by atoms with E-state index in [1.807, 2.05) is 6.07 Å². The highest BCUT2D eigenvalue weighted by Crippen LogP contribution is 2.35. The highest BCUT2D eigenvalue weighted by atomic mass is 79.9. The Bertz CT molecular complexity index is 471. The van der Waals surface area contributed by atoms with Crippen LogP contribution >= 0.6 is 15.9 Å². The quantitative estimate of drug-likeness (QED) is 0.868. The molecule has 1 amide bonds. The number of hydrogen-bond acceptors (Lipinski definition) is 2. The molecule has 1 heterocycles. The molecule has 3 rings (SSSR count). The lowest BCUT2D eigenvalue weighted by molar-refractivity contribution is -0.123. The summed E-state index contributed by atoms with van der Waals surface area (Å²) >= 11 is 3.68. The molecule has 1 aromatic carbocycles. The van der Waals surface area contributed by atoms with Gasteiger partial charge in [-0.25, -0.2) is 0 Å². The Morgan fingerprint density at radius 3 is 3.05 bits per heavy atom. The van der Waals surface area contributed by atoms with Gasteiger partial charge in [-0.2, -0.15) is 0 Å². The summed E-state index contributed by atoms with van der Waals surface area (Å²) in [5, 5.41) is 3.15. The molecular formula is C15H18BrNO2. The molecule has 4 heteroatoms. The second kappa shape index (κ2) is 5.63. The highest BCUT2D eigenvalue weighted by molar-refractivity contribution is 9.09. The van der Waals surface area contributed by atoms with Crippen LogP contribution in [-0.2, 0) is 16.0 Å². The zero-order valence-corrected chi connectivity index (χ0v) is 12.4. The Kier molecular flexibility index (Phi) is 3.89. The standard InChI is InChI=1S/C15H18BrNO2/c16-13-8-10-4-1-2-6-12(10)15(13)17-14(18)9-11-5-3-7-19-11/h1-2,4,6,11,13,15H,3,5,7-9H2,(H,17,18). The van der Waals surface area contributed by atoms with Crippen LogP contribution in [0.5, 0.6) is 0 Å². The van der Waals surface area contributed by atoms with Crippen LogP contribution in [0, 0.1) is 0 Å². The maximum Gasteiger partial charge on any atom is 0.223 e. The first kappa shape index (κ1) is 13.1. The van der Waals surface area contributed by atoms with Crippen LogP contribution in [0.4, 0.5) is 0 Å². The van der Waals surface area contributed by atoms with Crippen molar-refractivity contribution < 1.29 is 9.53 Å². The number of carbonyl (C=O) groups excluding carboxylic acids is 1. The largest absolute Gasteiger partial charge is 0.378 e. The molecule has 1 aromatic rings. The molecule has 19 heavy (non-hydrogen) atoms. The van der Waals surface area contributed by atoms with E-state index in [1.165, 1.54) is 11.1 Å². The zero-order chi connectivity index (χ0) is 13.2. The number of benzene rings is 1. The average Bonchev–Trinajstić information content (AvgIpc) is 2.99. The molecule has 1 fully saturated rings. The number of nitrogens with one attached hydrogen (secondary N) is 1. The van der Waals surface area contributed by atoms with E-state index in [1.54, 1.807) is 0 Å². The number of fused-ring (bicyclic) bond motifs is 1. The minimum atomic E-state index is 0.0881. The van der Waals surface area contributed by atoms with E-state index >= 15 is 0 Å². The van der Waals surface area contributed by atoms with Crippen molar-refractivity contribution in [2.45, 2.75) is 42.7 Å². The summed E-state index contributed by atoms with van der Waals surface area (Å²) < 4.78 is 5.51. The van der Waals surface area contributed by atoms with Gasteiger partial charge in [0.2, 0.25) is 5.91 Å². The lowest BCUT2D eigenvalue weighted by atomic mass is 10.1. The summed E-state index contributed by atoms with van der Waals surface area (Å²) in [6.07, 6.45) is 3.65. The third kappa shape index (κ3) is 2.84. The number of amides is 1. The third-order valence-corrected chi connectivity index (χ3v) is 4.77. The van der Waals surface area contributed by atoms with Gasteiger partial charge >= 0.3 is 0 Å². The number of halogens is 1. The minimum absolute atomic E-state index is 0.0881. The fourth-order valence-corrected chi connectivity index (χ4v) is 3.72. The van der Waals surface area contributed by atoms with E-state index in [2.05, 4.69) is 39.4 Å². The Labute approximate surface area is 121 Å². The Morgan fingerprint density at radius 1 is 1.42 bits per heavy atom. The van der Waals surface area contributed by atoms with Crippen molar-refractivity contribution in [3.63, 3.8) is 0 Å². The Hall–Kier alpha value is -0.870. The molecule has 0 bridgehead atoms. The van der Waals surface area contributed by atoms with E-state index in [-0.39, 0.29) is 18.1 Å². The fraction of sp³-hybridized carbons (Fsp3) is 0.533. The second-order valence-electron chi connectivity index (χ2n) is 5.30. The highest BCUT2D eigenvalue weighted by Gasteiger charge is 2.32. The van der Waals surface area contributed by atoms with E-state index in [9.17, 15) is 4.79 Å². The summed E-state index contributed by atoms with van der Waals surface area (Å²) in [7, 11) is 0. The summed E-state index contributed by atoms with van der Waals surface area (Å²) in [5.74, 6) is 0.0954. The van der Waals surface area contributed by atoms with Crippen LogP contribution in [0.1, 0.15) is 36.4 Å². The van der Waals surface area contributed by atoms with E-state index in [0.29, 0.717) is 11.2 Å². The van der Waals surface area contributed by atoms with E-state index in [0.717, 1.165) is 25.9 Å². The summed E-state index contributed by atoms with van der Waals surface area (Å²) in [6, 6.07) is 8.41. The van der Waals surface area contributed by atoms with Crippen molar-refractivity contribution in [3.8, 4) is 0 Å². The third-order valence-electron chi connectivity index (χ3n) is 3.92. The predicted octanol–water partition coefficient (Wildman–Crippen LogP) is 2.73. The SMILES string of the molecule is O=C(CC1CCCO1)NC1c2ccccc2CC1Br. The van der Waals surface area contributed by atoms with Gasteiger partial charge in [-0.15, -0.1) is 0 Å². The Morgan fingerprint density at radius 2 is 2.26 bits per heavy atom. The molecule has 1 saturated heterocycles. The average molecular weight is 324 g/mol. The van der Waals surface area contributed by atoms with Crippen LogP contribution in [0.15, 0.2) is 24.3 Å². The number of carbonyl (C=O) groups is 1. The molecule has 0 aromatic heterocycles. The second-order valence-corrected chi connectivity index (χ2v) is 6.48. The van der Waals surface area contributed by atoms with Crippen molar-refractivity contribution >= 4 is 21.8 Å². The molecule has 1 aliphatic carbocycles. The van der Waals surface area contributed by atoms with Crippen LogP contribution in [0.3, 0.4) is 0 Å². The summed E-state index contributed by atoms with van der Waals surface area (Å²) in [6.45, 7) is 0.797. The Balaban J connectivity index is 1.64. The minimum Gasteiger partial charge on any atom is -0.378 e. The van der Waals surface area contributed by atoms with Crippen molar-refractivity contribution in [3.05, 3.63) is 35.4 Å². The first-order chi connectivity index (χ1) is 9.24. The first-order valence-corrected chi connectivity index (χ1v) is 7.78. The molecule has 1 N–H and O–H groups in total. The number of ether oxygens (including phenoxy) is 1. The molecule has 1 aliphatic heterocycles. The molecule has 0 radical (unpaired) electrons. The molecule has 0 saturated carbocycles. The van der Waals surface area contributed by atoms with Crippen LogP contribution in [0.2, 0.25) is 0 Å². The predicted molar refractivity (Wildman–Crippen MR) is 77.3 cm³/mol. The van der Waals surface area contributed by atoms with Gasteiger partial charge in [0.25, 0.3) is 0 Å². The van der Waals surface area contributed by atoms with Gasteiger partial charge in [0.05, 0.1) is 18.6 Å². The van der Waals surface area contributed by atoms with Crippen LogP contribution in [-0.4, -0.2) is 23.4 Å². The number of hydrogen-bond donors (Lipinski definition) is 1. The van der Waals surface area contributed by atoms with Gasteiger partial charge in [0.15, 0.2) is 0 Å². The zero-order valence-electron chi connectivity index (χ0n) is 10.8.